The van der Waals surface area contributed by atoms with E-state index in [2.05, 4.69) is 66.1 Å². The molecule has 1 aliphatic carbocycles. The van der Waals surface area contributed by atoms with Crippen LogP contribution in [0.3, 0.4) is 0 Å². The lowest BCUT2D eigenvalue weighted by atomic mass is 9.63. The second-order valence-electron chi connectivity index (χ2n) is 8.87. The molecule has 1 aromatic heterocycles. The monoisotopic (exact) mass is 351 g/mol. The van der Waals surface area contributed by atoms with Gasteiger partial charge in [-0.1, -0.05) is 39.8 Å². The second-order valence-corrected chi connectivity index (χ2v) is 8.87. The van der Waals surface area contributed by atoms with Gasteiger partial charge in [0, 0.05) is 31.7 Å². The van der Waals surface area contributed by atoms with Gasteiger partial charge < -0.3 is 10.2 Å². The summed E-state index contributed by atoms with van der Waals surface area (Å²) in [7, 11) is 0. The summed E-state index contributed by atoms with van der Waals surface area (Å²) < 4.78 is 0. The molecule has 5 nitrogen and oxygen atoms in total. The predicted octanol–water partition coefficient (Wildman–Crippen LogP) is 3.30. The Morgan fingerprint density at radius 2 is 1.62 bits per heavy atom. The lowest BCUT2D eigenvalue weighted by Crippen LogP contribution is -2.44. The van der Waals surface area contributed by atoms with Crippen molar-refractivity contribution in [2.24, 2.45) is 0 Å². The van der Waals surface area contributed by atoms with Crippen LogP contribution >= 0.6 is 0 Å². The molecule has 2 aromatic rings. The molecule has 5 heteroatoms. The van der Waals surface area contributed by atoms with E-state index in [4.69, 9.17) is 4.98 Å². The van der Waals surface area contributed by atoms with Gasteiger partial charge in [0.1, 0.15) is 6.33 Å². The SMILES string of the molecule is CC1(C)CCC(C)(C)c2cc(-c3ncnc(N4CCNCC4)n3)ccc21. The number of hydrogen-bond donors (Lipinski definition) is 1. The van der Waals surface area contributed by atoms with Gasteiger partial charge in [-0.3, -0.25) is 0 Å². The zero-order valence-electron chi connectivity index (χ0n) is 16.3. The van der Waals surface area contributed by atoms with Crippen LogP contribution in [0.5, 0.6) is 0 Å². The number of benzene rings is 1. The number of fused-ring (bicyclic) bond motifs is 1. The van der Waals surface area contributed by atoms with Crippen molar-refractivity contribution in [2.45, 2.75) is 51.4 Å². The van der Waals surface area contributed by atoms with Gasteiger partial charge in [-0.05, 0) is 40.9 Å². The van der Waals surface area contributed by atoms with Crippen molar-refractivity contribution in [1.29, 1.82) is 0 Å². The third-order valence-electron chi connectivity index (χ3n) is 6.07. The number of anilines is 1. The molecule has 2 heterocycles. The van der Waals surface area contributed by atoms with Crippen molar-refractivity contribution in [3.8, 4) is 11.4 Å². The van der Waals surface area contributed by atoms with E-state index in [1.54, 1.807) is 6.33 Å². The highest BCUT2D eigenvalue weighted by atomic mass is 15.3. The lowest BCUT2D eigenvalue weighted by molar-refractivity contribution is 0.332. The molecule has 1 saturated heterocycles. The Morgan fingerprint density at radius 3 is 2.35 bits per heavy atom. The van der Waals surface area contributed by atoms with Crippen molar-refractivity contribution >= 4 is 5.95 Å². The van der Waals surface area contributed by atoms with E-state index in [0.29, 0.717) is 0 Å². The normalized spacial score (nSPS) is 21.3. The number of nitrogens with zero attached hydrogens (tertiary/aromatic N) is 4. The van der Waals surface area contributed by atoms with Crippen LogP contribution in [0.2, 0.25) is 0 Å². The molecule has 2 aliphatic rings. The maximum atomic E-state index is 4.78. The molecule has 26 heavy (non-hydrogen) atoms. The molecule has 1 aromatic carbocycles. The molecular weight excluding hydrogens is 322 g/mol. The van der Waals surface area contributed by atoms with E-state index in [-0.39, 0.29) is 10.8 Å². The topological polar surface area (TPSA) is 53.9 Å². The minimum atomic E-state index is 0.190. The van der Waals surface area contributed by atoms with Crippen molar-refractivity contribution in [3.05, 3.63) is 35.7 Å². The molecule has 1 aliphatic heterocycles. The Morgan fingerprint density at radius 1 is 0.923 bits per heavy atom. The maximum absolute atomic E-state index is 4.78. The molecule has 138 valence electrons. The summed E-state index contributed by atoms with van der Waals surface area (Å²) in [6.07, 6.45) is 4.08. The number of rotatable bonds is 2. The Bertz CT molecular complexity index is 806. The van der Waals surface area contributed by atoms with Gasteiger partial charge in [-0.25, -0.2) is 9.97 Å². The van der Waals surface area contributed by atoms with Crippen LogP contribution in [0.1, 0.15) is 51.7 Å². The van der Waals surface area contributed by atoms with E-state index in [1.807, 2.05) is 0 Å². The molecule has 0 amide bonds. The van der Waals surface area contributed by atoms with Gasteiger partial charge in [0.05, 0.1) is 0 Å². The highest BCUT2D eigenvalue weighted by molar-refractivity contribution is 5.61. The Labute approximate surface area is 156 Å². The first-order valence-corrected chi connectivity index (χ1v) is 9.67. The third kappa shape index (κ3) is 3.09. The summed E-state index contributed by atoms with van der Waals surface area (Å²) in [5.41, 5.74) is 4.42. The number of hydrogen-bond acceptors (Lipinski definition) is 5. The van der Waals surface area contributed by atoms with E-state index < -0.39 is 0 Å². The molecule has 4 rings (SSSR count). The van der Waals surface area contributed by atoms with Gasteiger partial charge >= 0.3 is 0 Å². The summed E-state index contributed by atoms with van der Waals surface area (Å²) in [6.45, 7) is 13.2. The highest BCUT2D eigenvalue weighted by Gasteiger charge is 2.37. The van der Waals surface area contributed by atoms with Crippen LogP contribution in [-0.2, 0) is 10.8 Å². The van der Waals surface area contributed by atoms with Crippen LogP contribution in [0.4, 0.5) is 5.95 Å². The second kappa shape index (κ2) is 6.31. The standard InChI is InChI=1S/C21H29N5/c1-20(2)7-8-21(3,4)17-13-15(5-6-16(17)20)18-23-14-24-19(25-18)26-11-9-22-10-12-26/h5-6,13-14,22H,7-12H2,1-4H3. The smallest absolute Gasteiger partial charge is 0.228 e. The first kappa shape index (κ1) is 17.4. The Hall–Kier alpha value is -2.01. The van der Waals surface area contributed by atoms with Gasteiger partial charge in [0.25, 0.3) is 0 Å². The van der Waals surface area contributed by atoms with Gasteiger partial charge in [-0.2, -0.15) is 4.98 Å². The van der Waals surface area contributed by atoms with Crippen molar-refractivity contribution in [1.82, 2.24) is 20.3 Å². The Balaban J connectivity index is 1.73. The van der Waals surface area contributed by atoms with Gasteiger partial charge in [0.15, 0.2) is 5.82 Å². The molecule has 0 atom stereocenters. The zero-order chi connectivity index (χ0) is 18.4. The minimum Gasteiger partial charge on any atom is -0.338 e. The van der Waals surface area contributed by atoms with Crippen LogP contribution in [-0.4, -0.2) is 41.1 Å². The first-order chi connectivity index (χ1) is 12.4. The fourth-order valence-electron chi connectivity index (χ4n) is 4.17. The van der Waals surface area contributed by atoms with Crippen molar-refractivity contribution in [3.63, 3.8) is 0 Å². The fourth-order valence-corrected chi connectivity index (χ4v) is 4.17. The van der Waals surface area contributed by atoms with Crippen LogP contribution in [0.25, 0.3) is 11.4 Å². The molecule has 0 spiro atoms. The average molecular weight is 351 g/mol. The molecule has 1 fully saturated rings. The number of nitrogens with one attached hydrogen (secondary N) is 1. The summed E-state index contributed by atoms with van der Waals surface area (Å²) >= 11 is 0. The summed E-state index contributed by atoms with van der Waals surface area (Å²) in [5, 5.41) is 3.37. The predicted molar refractivity (Wildman–Crippen MR) is 106 cm³/mol. The first-order valence-electron chi connectivity index (χ1n) is 9.67. The number of aromatic nitrogens is 3. The van der Waals surface area contributed by atoms with Crippen molar-refractivity contribution < 1.29 is 0 Å². The van der Waals surface area contributed by atoms with Crippen LogP contribution in [0, 0.1) is 0 Å². The van der Waals surface area contributed by atoms with Crippen molar-refractivity contribution in [2.75, 3.05) is 31.1 Å². The summed E-state index contributed by atoms with van der Waals surface area (Å²) in [6, 6.07) is 6.78. The van der Waals surface area contributed by atoms with Crippen LogP contribution in [0.15, 0.2) is 24.5 Å². The average Bonchev–Trinajstić information content (AvgIpc) is 2.66. The van der Waals surface area contributed by atoms with E-state index in [0.717, 1.165) is 43.5 Å². The Kier molecular flexibility index (Phi) is 4.22. The summed E-state index contributed by atoms with van der Waals surface area (Å²) in [4.78, 5) is 15.9. The molecule has 0 bridgehead atoms. The van der Waals surface area contributed by atoms with Gasteiger partial charge in [-0.15, -0.1) is 0 Å². The summed E-state index contributed by atoms with van der Waals surface area (Å²) in [5.74, 6) is 1.56. The van der Waals surface area contributed by atoms with Crippen LogP contribution < -0.4 is 10.2 Å². The highest BCUT2D eigenvalue weighted by Crippen LogP contribution is 2.46. The quantitative estimate of drug-likeness (QED) is 0.900. The lowest BCUT2D eigenvalue weighted by Gasteiger charge is -2.42. The van der Waals surface area contributed by atoms with E-state index in [9.17, 15) is 0 Å². The largest absolute Gasteiger partial charge is 0.338 e. The molecule has 0 unspecified atom stereocenters. The molecular formula is C21H29N5. The van der Waals surface area contributed by atoms with E-state index in [1.165, 1.54) is 24.0 Å². The maximum Gasteiger partial charge on any atom is 0.228 e. The number of piperazine rings is 1. The van der Waals surface area contributed by atoms with Gasteiger partial charge in [0.2, 0.25) is 5.95 Å². The van der Waals surface area contributed by atoms with E-state index >= 15 is 0 Å². The zero-order valence-corrected chi connectivity index (χ0v) is 16.3. The molecule has 0 saturated carbocycles. The molecule has 1 N–H and O–H groups in total. The minimum absolute atomic E-state index is 0.190. The fraction of sp³-hybridized carbons (Fsp3) is 0.571. The molecule has 0 radical (unpaired) electrons. The third-order valence-corrected chi connectivity index (χ3v) is 6.07.